The molecule has 2 nitrogen and oxygen atoms in total. The van der Waals surface area contributed by atoms with Crippen molar-refractivity contribution >= 4 is 40.6 Å². The smallest absolute Gasteiger partial charge is 0.0745 e. The maximum absolute atomic E-state index is 3.75. The summed E-state index contributed by atoms with van der Waals surface area (Å²) >= 11 is 3.78. The van der Waals surface area contributed by atoms with E-state index in [0.717, 1.165) is 17.9 Å². The first kappa shape index (κ1) is 31.1. The zero-order chi connectivity index (χ0) is 34.5. The Labute approximate surface area is 313 Å². The maximum Gasteiger partial charge on any atom is 0.0745 e. The monoisotopic (exact) mass is 702 g/mol. The van der Waals surface area contributed by atoms with Crippen molar-refractivity contribution in [3.8, 4) is 22.3 Å². The van der Waals surface area contributed by atoms with Crippen LogP contribution in [0.15, 0.2) is 202 Å². The van der Waals surface area contributed by atoms with Crippen LogP contribution in [0, 0.1) is 0 Å². The molecule has 0 atom stereocenters. The molecule has 0 unspecified atom stereocenters. The van der Waals surface area contributed by atoms with Crippen LogP contribution in [-0.4, -0.2) is 6.54 Å². The van der Waals surface area contributed by atoms with E-state index in [4.69, 9.17) is 0 Å². The van der Waals surface area contributed by atoms with Crippen LogP contribution in [0.2, 0.25) is 0 Å². The predicted octanol–water partition coefficient (Wildman–Crippen LogP) is 12.6. The number of hydrogen-bond acceptors (Lipinski definition) is 4. The molecule has 3 aliphatic rings. The molecular formula is C48H34N2S2. The standard InChI is InChI=1S/C48H34N2S2/c1-3-13-32(14-4-1)37-25-22-34(30-43(37)50-36-15-5-2-6-16-36)33-24-27-46-41(29-33)48(38-17-7-9-20-44(38)51-45-21-10-8-18-39(45)48)40-26-23-35(31-47(40)52-46)42-19-11-12-28-49-42/h1-27,29-31,49-50H,28H2. The molecule has 7 aromatic carbocycles. The van der Waals surface area contributed by atoms with Gasteiger partial charge in [0.05, 0.1) is 5.41 Å². The lowest BCUT2D eigenvalue weighted by Crippen LogP contribution is -2.36. The largest absolute Gasteiger partial charge is 0.381 e. The summed E-state index contributed by atoms with van der Waals surface area (Å²) in [6.45, 7) is 0.846. The Morgan fingerprint density at radius 1 is 0.481 bits per heavy atom. The highest BCUT2D eigenvalue weighted by molar-refractivity contribution is 8.00. The molecule has 0 aliphatic carbocycles. The number of para-hydroxylation sites is 1. The number of allylic oxidation sites excluding steroid dienone is 2. The highest BCUT2D eigenvalue weighted by Gasteiger charge is 2.48. The number of fused-ring (bicyclic) bond motifs is 8. The third-order valence-electron chi connectivity index (χ3n) is 10.4. The number of hydrogen-bond donors (Lipinski definition) is 2. The first-order valence-corrected chi connectivity index (χ1v) is 19.4. The van der Waals surface area contributed by atoms with Crippen LogP contribution in [0.4, 0.5) is 11.4 Å². The molecule has 3 aliphatic heterocycles. The molecule has 3 heterocycles. The van der Waals surface area contributed by atoms with Crippen molar-refractivity contribution in [2.45, 2.75) is 25.0 Å². The van der Waals surface area contributed by atoms with Gasteiger partial charge in [-0.1, -0.05) is 151 Å². The molecule has 0 bridgehead atoms. The molecule has 0 saturated heterocycles. The fourth-order valence-corrected chi connectivity index (χ4v) is 10.5. The molecule has 0 radical (unpaired) electrons. The summed E-state index contributed by atoms with van der Waals surface area (Å²) < 4.78 is 0. The van der Waals surface area contributed by atoms with Gasteiger partial charge >= 0.3 is 0 Å². The summed E-state index contributed by atoms with van der Waals surface area (Å²) in [6.07, 6.45) is 6.48. The number of benzene rings is 7. The summed E-state index contributed by atoms with van der Waals surface area (Å²) in [4.78, 5) is 5.21. The lowest BCUT2D eigenvalue weighted by Gasteiger charge is -2.45. The van der Waals surface area contributed by atoms with Crippen LogP contribution in [0.25, 0.3) is 28.0 Å². The number of anilines is 2. The van der Waals surface area contributed by atoms with E-state index in [9.17, 15) is 0 Å². The summed E-state index contributed by atoms with van der Waals surface area (Å²) in [7, 11) is 0. The van der Waals surface area contributed by atoms with Gasteiger partial charge < -0.3 is 10.6 Å². The third kappa shape index (κ3) is 5.13. The Hall–Kier alpha value is -5.68. The van der Waals surface area contributed by atoms with E-state index in [1.165, 1.54) is 75.4 Å². The SMILES string of the molecule is C1=CCNC(c2ccc3c(c2)Sc2ccc(-c4ccc(-c5ccccc5)c(Nc5ccccc5)c4)cc2C32c3ccccc3Sc3ccccc32)=C1. The van der Waals surface area contributed by atoms with Crippen LogP contribution in [0.5, 0.6) is 0 Å². The zero-order valence-electron chi connectivity index (χ0n) is 28.3. The molecule has 0 saturated carbocycles. The van der Waals surface area contributed by atoms with E-state index < -0.39 is 5.41 Å². The van der Waals surface area contributed by atoms with Gasteiger partial charge in [0.15, 0.2) is 0 Å². The van der Waals surface area contributed by atoms with Crippen molar-refractivity contribution in [3.05, 3.63) is 210 Å². The zero-order valence-corrected chi connectivity index (χ0v) is 30.0. The lowest BCUT2D eigenvalue weighted by atomic mass is 9.64. The molecule has 248 valence electrons. The van der Waals surface area contributed by atoms with Gasteiger partial charge in [-0.25, -0.2) is 0 Å². The Morgan fingerprint density at radius 3 is 1.85 bits per heavy atom. The van der Waals surface area contributed by atoms with Gasteiger partial charge in [0.25, 0.3) is 0 Å². The molecule has 10 rings (SSSR count). The minimum atomic E-state index is -0.480. The van der Waals surface area contributed by atoms with Crippen molar-refractivity contribution in [2.75, 3.05) is 11.9 Å². The van der Waals surface area contributed by atoms with E-state index in [1.54, 1.807) is 0 Å². The molecule has 7 aromatic rings. The van der Waals surface area contributed by atoms with Gasteiger partial charge in [-0.15, -0.1) is 0 Å². The average Bonchev–Trinajstić information content (AvgIpc) is 3.21. The fraction of sp³-hybridized carbons (Fsp3) is 0.0417. The minimum absolute atomic E-state index is 0.480. The Morgan fingerprint density at radius 2 is 1.10 bits per heavy atom. The van der Waals surface area contributed by atoms with E-state index in [2.05, 4.69) is 193 Å². The van der Waals surface area contributed by atoms with Crippen LogP contribution in [0.1, 0.15) is 27.8 Å². The summed E-state index contributed by atoms with van der Waals surface area (Å²) in [6, 6.07) is 60.3. The number of nitrogens with one attached hydrogen (secondary N) is 2. The Bertz CT molecular complexity index is 2510. The second-order valence-corrected chi connectivity index (χ2v) is 15.5. The third-order valence-corrected chi connectivity index (χ3v) is 12.7. The maximum atomic E-state index is 3.75. The Kier molecular flexibility index (Phi) is 7.67. The van der Waals surface area contributed by atoms with Crippen molar-refractivity contribution in [2.24, 2.45) is 0 Å². The van der Waals surface area contributed by atoms with Gasteiger partial charge in [-0.2, -0.15) is 0 Å². The molecule has 52 heavy (non-hydrogen) atoms. The number of rotatable bonds is 5. The molecule has 0 fully saturated rings. The van der Waals surface area contributed by atoms with Crippen LogP contribution in [-0.2, 0) is 5.41 Å². The molecule has 0 aromatic heterocycles. The van der Waals surface area contributed by atoms with E-state index in [0.29, 0.717) is 0 Å². The topological polar surface area (TPSA) is 24.1 Å². The minimum Gasteiger partial charge on any atom is -0.381 e. The quantitative estimate of drug-likeness (QED) is 0.186. The average molecular weight is 703 g/mol. The molecule has 2 N–H and O–H groups in total. The first-order valence-electron chi connectivity index (χ1n) is 17.7. The predicted molar refractivity (Wildman–Crippen MR) is 219 cm³/mol. The summed E-state index contributed by atoms with van der Waals surface area (Å²) in [5.41, 5.74) is 14.1. The van der Waals surface area contributed by atoms with Crippen LogP contribution in [0.3, 0.4) is 0 Å². The van der Waals surface area contributed by atoms with E-state index >= 15 is 0 Å². The highest BCUT2D eigenvalue weighted by atomic mass is 32.2. The first-order chi connectivity index (χ1) is 25.8. The molecule has 1 spiro atoms. The lowest BCUT2D eigenvalue weighted by molar-refractivity contribution is 0.667. The van der Waals surface area contributed by atoms with Crippen molar-refractivity contribution in [1.29, 1.82) is 0 Å². The van der Waals surface area contributed by atoms with Crippen molar-refractivity contribution in [1.82, 2.24) is 5.32 Å². The summed E-state index contributed by atoms with van der Waals surface area (Å²) in [5, 5.41) is 7.33. The van der Waals surface area contributed by atoms with Crippen LogP contribution >= 0.6 is 23.5 Å². The summed E-state index contributed by atoms with van der Waals surface area (Å²) in [5.74, 6) is 0. The van der Waals surface area contributed by atoms with Gasteiger partial charge in [-0.05, 0) is 99.1 Å². The van der Waals surface area contributed by atoms with Crippen molar-refractivity contribution in [3.63, 3.8) is 0 Å². The molecule has 4 heteroatoms. The van der Waals surface area contributed by atoms with Crippen LogP contribution < -0.4 is 10.6 Å². The second-order valence-electron chi connectivity index (χ2n) is 13.4. The number of dihydropyridines is 1. The highest BCUT2D eigenvalue weighted by Crippen LogP contribution is 2.62. The van der Waals surface area contributed by atoms with Gasteiger partial charge in [0, 0.05) is 48.8 Å². The van der Waals surface area contributed by atoms with Gasteiger partial charge in [0.1, 0.15) is 0 Å². The second kappa shape index (κ2) is 12.8. The van der Waals surface area contributed by atoms with Crippen molar-refractivity contribution < 1.29 is 0 Å². The van der Waals surface area contributed by atoms with Gasteiger partial charge in [-0.3, -0.25) is 0 Å². The van der Waals surface area contributed by atoms with Gasteiger partial charge in [0.2, 0.25) is 0 Å². The fourth-order valence-electron chi connectivity index (χ4n) is 8.05. The molecule has 0 amide bonds. The Balaban J connectivity index is 1.19. The molecular weight excluding hydrogens is 669 g/mol. The van der Waals surface area contributed by atoms with E-state index in [-0.39, 0.29) is 0 Å². The normalized spacial score (nSPS) is 14.7. The van der Waals surface area contributed by atoms with E-state index in [1.807, 2.05) is 23.5 Å².